The Bertz CT molecular complexity index is 569. The molecule has 2 aliphatic rings. The summed E-state index contributed by atoms with van der Waals surface area (Å²) in [6.45, 7) is 3.44. The van der Waals surface area contributed by atoms with Crippen LogP contribution in [0.1, 0.15) is 19.4 Å². The van der Waals surface area contributed by atoms with Crippen LogP contribution in [0.25, 0.3) is 0 Å². The number of aliphatic hydroxyl groups excluding tert-OH is 1. The van der Waals surface area contributed by atoms with Crippen molar-refractivity contribution >= 4 is 0 Å². The minimum absolute atomic E-state index is 0.111. The van der Waals surface area contributed by atoms with Crippen LogP contribution >= 0.6 is 0 Å². The predicted octanol–water partition coefficient (Wildman–Crippen LogP) is 1.27. The van der Waals surface area contributed by atoms with E-state index in [1.807, 2.05) is 30.3 Å². The van der Waals surface area contributed by atoms with Gasteiger partial charge in [0.15, 0.2) is 6.29 Å². The lowest BCUT2D eigenvalue weighted by Crippen LogP contribution is -2.70. The molecule has 2 aliphatic heterocycles. The van der Waals surface area contributed by atoms with E-state index in [1.165, 1.54) is 14.0 Å². The van der Waals surface area contributed by atoms with Crippen molar-refractivity contribution < 1.29 is 38.9 Å². The first-order valence-electron chi connectivity index (χ1n) is 8.11. The maximum atomic E-state index is 10.6. The van der Waals surface area contributed by atoms with Crippen LogP contribution in [0.2, 0.25) is 0 Å². The summed E-state index contributed by atoms with van der Waals surface area (Å²) in [5.74, 6) is -2.99. The molecule has 2 saturated heterocycles. The molecule has 0 saturated carbocycles. The number of ether oxygens (including phenoxy) is 5. The Morgan fingerprint density at radius 3 is 2.52 bits per heavy atom. The summed E-state index contributed by atoms with van der Waals surface area (Å²) >= 11 is 0. The second kappa shape index (κ2) is 7.26. The normalized spacial score (nSPS) is 41.3. The first-order chi connectivity index (χ1) is 11.9. The molecule has 0 spiro atoms. The van der Waals surface area contributed by atoms with Gasteiger partial charge in [0.05, 0.1) is 13.2 Å². The number of hydrogen-bond donors (Lipinski definition) is 2. The lowest BCUT2D eigenvalue weighted by Gasteiger charge is -2.53. The number of methoxy groups -OCH3 is 1. The Balaban J connectivity index is 1.68. The molecule has 6 atom stereocenters. The zero-order chi connectivity index (χ0) is 18.1. The Hall–Kier alpha value is -1.10. The second-order valence-corrected chi connectivity index (χ2v) is 6.41. The van der Waals surface area contributed by atoms with Crippen LogP contribution in [0.5, 0.6) is 0 Å². The quantitative estimate of drug-likeness (QED) is 0.602. The Morgan fingerprint density at radius 1 is 1.16 bits per heavy atom. The van der Waals surface area contributed by atoms with E-state index in [4.69, 9.17) is 23.7 Å². The third-order valence-corrected chi connectivity index (χ3v) is 4.79. The van der Waals surface area contributed by atoms with Crippen LogP contribution in [-0.2, 0) is 35.2 Å². The molecule has 0 amide bonds. The van der Waals surface area contributed by atoms with Crippen LogP contribution in [0.15, 0.2) is 30.3 Å². The fourth-order valence-electron chi connectivity index (χ4n) is 3.00. The van der Waals surface area contributed by atoms with Crippen LogP contribution in [-0.4, -0.2) is 60.3 Å². The minimum atomic E-state index is -1.57. The topological polar surface area (TPSA) is 95.8 Å². The summed E-state index contributed by atoms with van der Waals surface area (Å²) in [5, 5.41) is 19.8. The fourth-order valence-corrected chi connectivity index (χ4v) is 3.00. The van der Waals surface area contributed by atoms with E-state index in [0.29, 0.717) is 6.61 Å². The van der Waals surface area contributed by atoms with Crippen molar-refractivity contribution in [1.29, 1.82) is 0 Å². The highest BCUT2D eigenvalue weighted by Crippen LogP contribution is 2.41. The summed E-state index contributed by atoms with van der Waals surface area (Å²) in [5.41, 5.74) is 0.962. The number of fused-ring (bicyclic) bond motifs is 1. The minimum Gasteiger partial charge on any atom is -0.385 e. The average Bonchev–Trinajstić information content (AvgIpc) is 2.64. The first kappa shape index (κ1) is 18.7. The summed E-state index contributed by atoms with van der Waals surface area (Å²) in [6.07, 6.45) is -3.37. The Labute approximate surface area is 146 Å². The van der Waals surface area contributed by atoms with Crippen molar-refractivity contribution in [1.82, 2.24) is 0 Å². The van der Waals surface area contributed by atoms with Crippen LogP contribution in [0.3, 0.4) is 0 Å². The van der Waals surface area contributed by atoms with Gasteiger partial charge in [-0.05, 0) is 19.4 Å². The Kier molecular flexibility index (Phi) is 5.42. The summed E-state index contributed by atoms with van der Waals surface area (Å²) < 4.78 is 28.2. The average molecular weight is 356 g/mol. The van der Waals surface area contributed by atoms with E-state index in [0.717, 1.165) is 5.56 Å². The van der Waals surface area contributed by atoms with Gasteiger partial charge in [0.2, 0.25) is 5.79 Å². The van der Waals surface area contributed by atoms with E-state index < -0.39 is 36.2 Å². The highest BCUT2D eigenvalue weighted by Gasteiger charge is 2.61. The SMILES string of the molecule is CO[C@]1(C)O[C@H]2[C@H](O)[C@H](OCc3ccccc3)OC[C@@H]2O[C@@]1(C)OO. The van der Waals surface area contributed by atoms with Crippen LogP contribution in [0.4, 0.5) is 0 Å². The monoisotopic (exact) mass is 356 g/mol. The zero-order valence-electron chi connectivity index (χ0n) is 14.5. The number of rotatable bonds is 5. The van der Waals surface area contributed by atoms with Gasteiger partial charge in [-0.3, -0.25) is 0 Å². The standard InChI is InChI=1S/C17H24O8/c1-16(20-3)17(2,25-19)23-12-10-22-15(13(18)14(12)24-16)21-9-11-7-5-4-6-8-11/h4-8,12-15,18-19H,9-10H2,1-3H3/t12-,13-,14+,15+,16+,17-/m0/s1. The molecule has 8 nitrogen and oxygen atoms in total. The molecule has 1 aromatic carbocycles. The van der Waals surface area contributed by atoms with Gasteiger partial charge < -0.3 is 28.8 Å². The van der Waals surface area contributed by atoms with Crippen molar-refractivity contribution in [3.63, 3.8) is 0 Å². The molecular formula is C17H24O8. The molecular weight excluding hydrogens is 332 g/mol. The van der Waals surface area contributed by atoms with Crippen molar-refractivity contribution in [2.45, 2.75) is 56.6 Å². The fraction of sp³-hybridized carbons (Fsp3) is 0.647. The van der Waals surface area contributed by atoms with Crippen LogP contribution in [0, 0.1) is 0 Å². The molecule has 0 aromatic heterocycles. The van der Waals surface area contributed by atoms with E-state index in [9.17, 15) is 10.4 Å². The molecule has 140 valence electrons. The van der Waals surface area contributed by atoms with Gasteiger partial charge >= 0.3 is 0 Å². The van der Waals surface area contributed by atoms with Gasteiger partial charge in [-0.25, -0.2) is 5.26 Å². The summed E-state index contributed by atoms with van der Waals surface area (Å²) in [6, 6.07) is 9.57. The van der Waals surface area contributed by atoms with Crippen LogP contribution < -0.4 is 0 Å². The number of benzene rings is 1. The Morgan fingerprint density at radius 2 is 1.88 bits per heavy atom. The second-order valence-electron chi connectivity index (χ2n) is 6.41. The molecule has 1 aromatic rings. The third kappa shape index (κ3) is 3.44. The molecule has 0 aliphatic carbocycles. The molecule has 2 fully saturated rings. The molecule has 8 heteroatoms. The molecule has 0 radical (unpaired) electrons. The van der Waals surface area contributed by atoms with Crippen molar-refractivity contribution in [3.8, 4) is 0 Å². The van der Waals surface area contributed by atoms with E-state index in [1.54, 1.807) is 6.92 Å². The lowest BCUT2D eigenvalue weighted by atomic mass is 9.98. The zero-order valence-corrected chi connectivity index (χ0v) is 14.5. The van der Waals surface area contributed by atoms with Crippen molar-refractivity contribution in [3.05, 3.63) is 35.9 Å². The van der Waals surface area contributed by atoms with Crippen molar-refractivity contribution in [2.75, 3.05) is 13.7 Å². The van der Waals surface area contributed by atoms with Gasteiger partial charge in [-0.15, -0.1) is 0 Å². The lowest BCUT2D eigenvalue weighted by molar-refractivity contribution is -0.529. The molecule has 2 heterocycles. The van der Waals surface area contributed by atoms with Gasteiger partial charge in [0.1, 0.15) is 18.3 Å². The summed E-state index contributed by atoms with van der Waals surface area (Å²) in [4.78, 5) is 4.46. The highest BCUT2D eigenvalue weighted by molar-refractivity contribution is 5.13. The molecule has 25 heavy (non-hydrogen) atoms. The maximum Gasteiger partial charge on any atom is 0.253 e. The smallest absolute Gasteiger partial charge is 0.253 e. The maximum absolute atomic E-state index is 10.6. The number of aliphatic hydroxyl groups is 1. The molecule has 2 N–H and O–H groups in total. The van der Waals surface area contributed by atoms with E-state index >= 15 is 0 Å². The largest absolute Gasteiger partial charge is 0.385 e. The third-order valence-electron chi connectivity index (χ3n) is 4.79. The van der Waals surface area contributed by atoms with Crippen molar-refractivity contribution in [2.24, 2.45) is 0 Å². The first-order valence-corrected chi connectivity index (χ1v) is 8.11. The van der Waals surface area contributed by atoms with Gasteiger partial charge in [-0.1, -0.05) is 30.3 Å². The number of hydrogen-bond acceptors (Lipinski definition) is 8. The summed E-state index contributed by atoms with van der Waals surface area (Å²) in [7, 11) is 1.40. The van der Waals surface area contributed by atoms with Gasteiger partial charge in [0, 0.05) is 7.11 Å². The van der Waals surface area contributed by atoms with Gasteiger partial charge in [0.25, 0.3) is 5.79 Å². The molecule has 3 rings (SSSR count). The molecule has 0 bridgehead atoms. The van der Waals surface area contributed by atoms with E-state index in [-0.39, 0.29) is 6.61 Å². The van der Waals surface area contributed by atoms with E-state index in [2.05, 4.69) is 4.89 Å². The molecule has 0 unspecified atom stereocenters. The van der Waals surface area contributed by atoms with Gasteiger partial charge in [-0.2, -0.15) is 4.89 Å². The predicted molar refractivity (Wildman–Crippen MR) is 84.3 cm³/mol. The highest BCUT2D eigenvalue weighted by atomic mass is 17.2.